The number of likely N-dealkylation sites (tertiary alicyclic amines) is 1. The molecule has 0 amide bonds. The number of nitrogens with zero attached hydrogens (tertiary/aromatic N) is 2. The largest absolute Gasteiger partial charge is 0.370 e. The summed E-state index contributed by atoms with van der Waals surface area (Å²) >= 11 is 0. The van der Waals surface area contributed by atoms with Gasteiger partial charge in [-0.3, -0.25) is 9.89 Å². The second-order valence-electron chi connectivity index (χ2n) is 4.89. The highest BCUT2D eigenvalue weighted by Crippen LogP contribution is 2.26. The normalized spacial score (nSPS) is 21.7. The topological polar surface area (TPSA) is 27.6 Å². The molecule has 0 saturated carbocycles. The molecule has 96 valence electrons. The number of halogens is 1. The predicted octanol–water partition coefficient (Wildman–Crippen LogP) is 1.96. The van der Waals surface area contributed by atoms with Gasteiger partial charge in [-0.1, -0.05) is 12.1 Å². The van der Waals surface area contributed by atoms with E-state index >= 15 is 0 Å². The van der Waals surface area contributed by atoms with Crippen molar-refractivity contribution in [2.75, 3.05) is 26.2 Å². The molecule has 0 radical (unpaired) electrons. The van der Waals surface area contributed by atoms with E-state index in [0.717, 1.165) is 37.6 Å². The second kappa shape index (κ2) is 5.06. The van der Waals surface area contributed by atoms with E-state index in [4.69, 9.17) is 0 Å². The number of aliphatic imine (C=N–C) groups is 1. The van der Waals surface area contributed by atoms with Gasteiger partial charge in [0.25, 0.3) is 0 Å². The third kappa shape index (κ3) is 2.25. The Kier molecular flexibility index (Phi) is 3.28. The van der Waals surface area contributed by atoms with E-state index in [2.05, 4.69) is 15.2 Å². The van der Waals surface area contributed by atoms with E-state index in [1.807, 2.05) is 12.1 Å². The van der Waals surface area contributed by atoms with Crippen LogP contribution in [0, 0.1) is 5.82 Å². The molecule has 1 aromatic rings. The van der Waals surface area contributed by atoms with Gasteiger partial charge >= 0.3 is 0 Å². The molecule has 2 heterocycles. The monoisotopic (exact) mass is 247 g/mol. The molecule has 2 aliphatic rings. The van der Waals surface area contributed by atoms with Gasteiger partial charge in [0.2, 0.25) is 0 Å². The van der Waals surface area contributed by atoms with E-state index in [0.29, 0.717) is 0 Å². The van der Waals surface area contributed by atoms with Gasteiger partial charge in [-0.15, -0.1) is 0 Å². The summed E-state index contributed by atoms with van der Waals surface area (Å²) in [7, 11) is 0. The molecule has 1 unspecified atom stereocenters. The molecule has 2 aliphatic heterocycles. The van der Waals surface area contributed by atoms with Crippen molar-refractivity contribution in [3.8, 4) is 0 Å². The third-order valence-corrected chi connectivity index (χ3v) is 3.65. The standard InChI is InChI=1S/C14H18FN3/c15-12-5-3-11(4-6-12)13(14-16-7-8-17-14)18-9-1-2-10-18/h3-6,13H,1-2,7-10H2,(H,16,17). The second-order valence-corrected chi connectivity index (χ2v) is 4.89. The Bertz CT molecular complexity index is 435. The van der Waals surface area contributed by atoms with E-state index in [1.165, 1.54) is 25.0 Å². The number of benzene rings is 1. The first kappa shape index (κ1) is 11.7. The van der Waals surface area contributed by atoms with Crippen molar-refractivity contribution in [3.63, 3.8) is 0 Å². The maximum atomic E-state index is 13.0. The summed E-state index contributed by atoms with van der Waals surface area (Å²) in [5.74, 6) is 0.865. The van der Waals surface area contributed by atoms with Gasteiger partial charge in [-0.2, -0.15) is 0 Å². The van der Waals surface area contributed by atoms with Crippen LogP contribution in [0.15, 0.2) is 29.3 Å². The number of rotatable bonds is 3. The lowest BCUT2D eigenvalue weighted by Gasteiger charge is -2.28. The average Bonchev–Trinajstić information content (AvgIpc) is 3.06. The molecular formula is C14H18FN3. The van der Waals surface area contributed by atoms with E-state index < -0.39 is 0 Å². The van der Waals surface area contributed by atoms with Gasteiger partial charge in [0, 0.05) is 6.54 Å². The molecule has 1 N–H and O–H groups in total. The zero-order valence-electron chi connectivity index (χ0n) is 10.4. The number of hydrogen-bond acceptors (Lipinski definition) is 3. The predicted molar refractivity (Wildman–Crippen MR) is 70.3 cm³/mol. The molecule has 3 rings (SSSR count). The van der Waals surface area contributed by atoms with E-state index in [-0.39, 0.29) is 11.9 Å². The molecular weight excluding hydrogens is 229 g/mol. The molecule has 0 aliphatic carbocycles. The van der Waals surface area contributed by atoms with Gasteiger partial charge in [0.05, 0.1) is 12.6 Å². The molecule has 0 aromatic heterocycles. The Morgan fingerprint density at radius 1 is 1.17 bits per heavy atom. The molecule has 0 bridgehead atoms. The number of nitrogens with one attached hydrogen (secondary N) is 1. The molecule has 1 aromatic carbocycles. The SMILES string of the molecule is Fc1ccc(C(C2=NCCN2)N2CCCC2)cc1. The fraction of sp³-hybridized carbons (Fsp3) is 0.500. The zero-order chi connectivity index (χ0) is 12.4. The molecule has 1 atom stereocenters. The fourth-order valence-corrected chi connectivity index (χ4v) is 2.79. The van der Waals surface area contributed by atoms with Crippen LogP contribution in [0.25, 0.3) is 0 Å². The van der Waals surface area contributed by atoms with Crippen LogP contribution < -0.4 is 5.32 Å². The Balaban J connectivity index is 1.90. The van der Waals surface area contributed by atoms with Gasteiger partial charge in [-0.25, -0.2) is 4.39 Å². The minimum Gasteiger partial charge on any atom is -0.370 e. The van der Waals surface area contributed by atoms with Crippen LogP contribution in [0.5, 0.6) is 0 Å². The van der Waals surface area contributed by atoms with Crippen molar-refractivity contribution in [2.45, 2.75) is 18.9 Å². The molecule has 18 heavy (non-hydrogen) atoms. The third-order valence-electron chi connectivity index (χ3n) is 3.65. The van der Waals surface area contributed by atoms with E-state index in [1.54, 1.807) is 0 Å². The van der Waals surface area contributed by atoms with Gasteiger partial charge < -0.3 is 5.32 Å². The van der Waals surface area contributed by atoms with E-state index in [9.17, 15) is 4.39 Å². The molecule has 1 saturated heterocycles. The first-order valence-electron chi connectivity index (χ1n) is 6.62. The first-order chi connectivity index (χ1) is 8.84. The minimum atomic E-state index is -0.180. The van der Waals surface area contributed by atoms with Gasteiger partial charge in [0.1, 0.15) is 11.7 Å². The zero-order valence-corrected chi connectivity index (χ0v) is 10.4. The van der Waals surface area contributed by atoms with Crippen LogP contribution in [0.4, 0.5) is 4.39 Å². The maximum Gasteiger partial charge on any atom is 0.123 e. The Morgan fingerprint density at radius 2 is 1.89 bits per heavy atom. The smallest absolute Gasteiger partial charge is 0.123 e. The van der Waals surface area contributed by atoms with Crippen molar-refractivity contribution in [1.82, 2.24) is 10.2 Å². The molecule has 0 spiro atoms. The van der Waals surface area contributed by atoms with Crippen LogP contribution in [0.1, 0.15) is 24.4 Å². The molecule has 1 fully saturated rings. The summed E-state index contributed by atoms with van der Waals surface area (Å²) in [5, 5.41) is 3.36. The maximum absolute atomic E-state index is 13.0. The Labute approximate surface area is 107 Å². The lowest BCUT2D eigenvalue weighted by Crippen LogP contribution is -2.37. The lowest BCUT2D eigenvalue weighted by molar-refractivity contribution is 0.301. The summed E-state index contributed by atoms with van der Waals surface area (Å²) < 4.78 is 13.0. The summed E-state index contributed by atoms with van der Waals surface area (Å²) in [4.78, 5) is 6.98. The summed E-state index contributed by atoms with van der Waals surface area (Å²) in [6.45, 7) is 3.97. The van der Waals surface area contributed by atoms with Gasteiger partial charge in [0.15, 0.2) is 0 Å². The van der Waals surface area contributed by atoms with Crippen LogP contribution in [-0.2, 0) is 0 Å². The highest BCUT2D eigenvalue weighted by Gasteiger charge is 2.29. The quantitative estimate of drug-likeness (QED) is 0.884. The minimum absolute atomic E-state index is 0.176. The number of hydrogen-bond donors (Lipinski definition) is 1. The van der Waals surface area contributed by atoms with Crippen LogP contribution >= 0.6 is 0 Å². The Hall–Kier alpha value is -1.42. The lowest BCUT2D eigenvalue weighted by atomic mass is 10.0. The fourth-order valence-electron chi connectivity index (χ4n) is 2.79. The van der Waals surface area contributed by atoms with Crippen molar-refractivity contribution in [3.05, 3.63) is 35.6 Å². The average molecular weight is 247 g/mol. The van der Waals surface area contributed by atoms with Crippen molar-refractivity contribution in [2.24, 2.45) is 4.99 Å². The first-order valence-corrected chi connectivity index (χ1v) is 6.62. The summed E-state index contributed by atoms with van der Waals surface area (Å²) in [6, 6.07) is 7.00. The highest BCUT2D eigenvalue weighted by molar-refractivity contribution is 5.89. The summed E-state index contributed by atoms with van der Waals surface area (Å²) in [6.07, 6.45) is 2.48. The summed E-state index contributed by atoms with van der Waals surface area (Å²) in [5.41, 5.74) is 1.13. The molecule has 4 heteroatoms. The van der Waals surface area contributed by atoms with Crippen LogP contribution in [0.3, 0.4) is 0 Å². The highest BCUT2D eigenvalue weighted by atomic mass is 19.1. The van der Waals surface area contributed by atoms with Gasteiger partial charge in [-0.05, 0) is 43.6 Å². The van der Waals surface area contributed by atoms with Crippen LogP contribution in [-0.4, -0.2) is 36.9 Å². The molecule has 3 nitrogen and oxygen atoms in total. The van der Waals surface area contributed by atoms with Crippen molar-refractivity contribution in [1.29, 1.82) is 0 Å². The number of amidine groups is 1. The van der Waals surface area contributed by atoms with Crippen molar-refractivity contribution >= 4 is 5.84 Å². The van der Waals surface area contributed by atoms with Crippen LogP contribution in [0.2, 0.25) is 0 Å². The van der Waals surface area contributed by atoms with Crippen molar-refractivity contribution < 1.29 is 4.39 Å². The Morgan fingerprint density at radius 3 is 2.50 bits per heavy atom.